The Morgan fingerprint density at radius 3 is 2.75 bits per heavy atom. The molecule has 0 fully saturated rings. The summed E-state index contributed by atoms with van der Waals surface area (Å²) in [5.74, 6) is 0. The van der Waals surface area contributed by atoms with Crippen LogP contribution in [0.5, 0.6) is 0 Å². The van der Waals surface area contributed by atoms with Crippen LogP contribution in [-0.4, -0.2) is 11.2 Å². The Morgan fingerprint density at radius 2 is 1.92 bits per heavy atom. The summed E-state index contributed by atoms with van der Waals surface area (Å²) in [7, 11) is 0. The molecule has 1 aromatic carbocycles. The number of benzene rings is 1. The SMILES string of the molecule is O[C@@H]1CCCc2ccccc2C1. The van der Waals surface area contributed by atoms with Crippen molar-refractivity contribution in [3.63, 3.8) is 0 Å². The molecule has 64 valence electrons. The highest BCUT2D eigenvalue weighted by atomic mass is 16.3. The van der Waals surface area contributed by atoms with E-state index < -0.39 is 0 Å². The van der Waals surface area contributed by atoms with Crippen LogP contribution in [0.25, 0.3) is 0 Å². The molecule has 2 rings (SSSR count). The van der Waals surface area contributed by atoms with Crippen molar-refractivity contribution in [2.75, 3.05) is 0 Å². The number of aliphatic hydroxyl groups is 1. The Bertz CT molecular complexity index is 267. The van der Waals surface area contributed by atoms with Crippen molar-refractivity contribution in [3.05, 3.63) is 35.4 Å². The van der Waals surface area contributed by atoms with E-state index in [-0.39, 0.29) is 6.10 Å². The molecular formula is C11H14O. The van der Waals surface area contributed by atoms with E-state index in [1.54, 1.807) is 0 Å². The summed E-state index contributed by atoms with van der Waals surface area (Å²) < 4.78 is 0. The number of fused-ring (bicyclic) bond motifs is 1. The summed E-state index contributed by atoms with van der Waals surface area (Å²) in [6.45, 7) is 0. The van der Waals surface area contributed by atoms with Crippen LogP contribution in [0.4, 0.5) is 0 Å². The first-order valence-corrected chi connectivity index (χ1v) is 4.61. The lowest BCUT2D eigenvalue weighted by molar-refractivity contribution is 0.165. The standard InChI is InChI=1S/C11H14O/c12-11-7-3-6-9-4-1-2-5-10(9)8-11/h1-2,4-5,11-12H,3,6-8H2/t11-/m1/s1. The van der Waals surface area contributed by atoms with Crippen LogP contribution in [0.2, 0.25) is 0 Å². The van der Waals surface area contributed by atoms with Gasteiger partial charge >= 0.3 is 0 Å². The molecule has 0 aromatic heterocycles. The Morgan fingerprint density at radius 1 is 1.17 bits per heavy atom. The van der Waals surface area contributed by atoms with E-state index in [1.165, 1.54) is 11.1 Å². The molecule has 0 saturated heterocycles. The van der Waals surface area contributed by atoms with Gasteiger partial charge in [0.1, 0.15) is 0 Å². The van der Waals surface area contributed by atoms with Gasteiger partial charge in [-0.15, -0.1) is 0 Å². The molecule has 1 nitrogen and oxygen atoms in total. The van der Waals surface area contributed by atoms with Crippen LogP contribution in [0.15, 0.2) is 24.3 Å². The predicted molar refractivity (Wildman–Crippen MR) is 49.1 cm³/mol. The van der Waals surface area contributed by atoms with Crippen LogP contribution < -0.4 is 0 Å². The topological polar surface area (TPSA) is 20.2 Å². The third kappa shape index (κ3) is 1.51. The summed E-state index contributed by atoms with van der Waals surface area (Å²) in [5, 5.41) is 9.54. The first-order chi connectivity index (χ1) is 5.86. The van der Waals surface area contributed by atoms with Crippen molar-refractivity contribution in [2.45, 2.75) is 31.8 Å². The number of hydrogen-bond donors (Lipinski definition) is 1. The first kappa shape index (κ1) is 7.81. The van der Waals surface area contributed by atoms with Crippen molar-refractivity contribution in [1.82, 2.24) is 0 Å². The molecule has 0 saturated carbocycles. The third-order valence-electron chi connectivity index (χ3n) is 2.56. The van der Waals surface area contributed by atoms with Gasteiger partial charge in [0.15, 0.2) is 0 Å². The zero-order valence-electron chi connectivity index (χ0n) is 7.16. The summed E-state index contributed by atoms with van der Waals surface area (Å²) in [4.78, 5) is 0. The van der Waals surface area contributed by atoms with Crippen molar-refractivity contribution in [3.8, 4) is 0 Å². The van der Waals surface area contributed by atoms with Crippen LogP contribution >= 0.6 is 0 Å². The monoisotopic (exact) mass is 162 g/mol. The largest absolute Gasteiger partial charge is 0.393 e. The van der Waals surface area contributed by atoms with Gasteiger partial charge in [-0.3, -0.25) is 0 Å². The maximum absolute atomic E-state index is 9.54. The summed E-state index contributed by atoms with van der Waals surface area (Å²) in [5.41, 5.74) is 2.76. The number of aryl methyl sites for hydroxylation is 1. The maximum Gasteiger partial charge on any atom is 0.0580 e. The fraction of sp³-hybridized carbons (Fsp3) is 0.455. The van der Waals surface area contributed by atoms with E-state index in [2.05, 4.69) is 24.3 Å². The van der Waals surface area contributed by atoms with Crippen molar-refractivity contribution in [1.29, 1.82) is 0 Å². The lowest BCUT2D eigenvalue weighted by Gasteiger charge is -2.06. The highest BCUT2D eigenvalue weighted by Gasteiger charge is 2.12. The highest BCUT2D eigenvalue weighted by Crippen LogP contribution is 2.20. The maximum atomic E-state index is 9.54. The molecule has 0 unspecified atom stereocenters. The molecule has 0 radical (unpaired) electrons. The normalized spacial score (nSPS) is 22.9. The molecule has 0 heterocycles. The minimum atomic E-state index is -0.117. The van der Waals surface area contributed by atoms with Crippen LogP contribution in [0.3, 0.4) is 0 Å². The molecule has 0 amide bonds. The minimum Gasteiger partial charge on any atom is -0.393 e. The average molecular weight is 162 g/mol. The van der Waals surface area contributed by atoms with Gasteiger partial charge in [0.2, 0.25) is 0 Å². The van der Waals surface area contributed by atoms with E-state index in [4.69, 9.17) is 0 Å². The van der Waals surface area contributed by atoms with Crippen molar-refractivity contribution < 1.29 is 5.11 Å². The van der Waals surface area contributed by atoms with Gasteiger partial charge in [0.05, 0.1) is 6.10 Å². The highest BCUT2D eigenvalue weighted by molar-refractivity contribution is 5.28. The number of aliphatic hydroxyl groups excluding tert-OH is 1. The third-order valence-corrected chi connectivity index (χ3v) is 2.56. The Labute approximate surface area is 73.0 Å². The van der Waals surface area contributed by atoms with E-state index in [0.29, 0.717) is 0 Å². The molecule has 0 spiro atoms. The van der Waals surface area contributed by atoms with E-state index in [0.717, 1.165) is 25.7 Å². The zero-order chi connectivity index (χ0) is 8.39. The van der Waals surface area contributed by atoms with Gasteiger partial charge < -0.3 is 5.11 Å². The minimum absolute atomic E-state index is 0.117. The smallest absolute Gasteiger partial charge is 0.0580 e. The van der Waals surface area contributed by atoms with E-state index in [9.17, 15) is 5.11 Å². The van der Waals surface area contributed by atoms with Crippen LogP contribution in [0, 0.1) is 0 Å². The predicted octanol–water partition coefficient (Wildman–Crippen LogP) is 1.93. The summed E-state index contributed by atoms with van der Waals surface area (Å²) >= 11 is 0. The Hall–Kier alpha value is -0.820. The molecule has 1 heteroatoms. The van der Waals surface area contributed by atoms with Crippen LogP contribution in [0.1, 0.15) is 24.0 Å². The van der Waals surface area contributed by atoms with Gasteiger partial charge in [-0.1, -0.05) is 24.3 Å². The zero-order valence-corrected chi connectivity index (χ0v) is 7.16. The average Bonchev–Trinajstić information content (AvgIpc) is 2.25. The summed E-state index contributed by atoms with van der Waals surface area (Å²) in [6.07, 6.45) is 3.93. The van der Waals surface area contributed by atoms with Crippen molar-refractivity contribution >= 4 is 0 Å². The second-order valence-corrected chi connectivity index (χ2v) is 3.52. The van der Waals surface area contributed by atoms with Gasteiger partial charge in [-0.05, 0) is 36.8 Å². The van der Waals surface area contributed by atoms with Gasteiger partial charge in [-0.2, -0.15) is 0 Å². The molecule has 1 N–H and O–H groups in total. The summed E-state index contributed by atoms with van der Waals surface area (Å²) in [6, 6.07) is 8.44. The van der Waals surface area contributed by atoms with Gasteiger partial charge in [-0.25, -0.2) is 0 Å². The van der Waals surface area contributed by atoms with E-state index >= 15 is 0 Å². The Kier molecular flexibility index (Phi) is 2.13. The molecule has 0 bridgehead atoms. The first-order valence-electron chi connectivity index (χ1n) is 4.61. The quantitative estimate of drug-likeness (QED) is 0.578. The molecular weight excluding hydrogens is 148 g/mol. The van der Waals surface area contributed by atoms with Crippen LogP contribution in [-0.2, 0) is 12.8 Å². The second kappa shape index (κ2) is 3.28. The number of rotatable bonds is 0. The Balaban J connectivity index is 2.31. The fourth-order valence-corrected chi connectivity index (χ4v) is 1.88. The van der Waals surface area contributed by atoms with E-state index in [1.807, 2.05) is 0 Å². The molecule has 0 aliphatic heterocycles. The second-order valence-electron chi connectivity index (χ2n) is 3.52. The molecule has 1 aliphatic rings. The van der Waals surface area contributed by atoms with Gasteiger partial charge in [0, 0.05) is 0 Å². The number of hydrogen-bond acceptors (Lipinski definition) is 1. The molecule has 1 aliphatic carbocycles. The fourth-order valence-electron chi connectivity index (χ4n) is 1.88. The lowest BCUT2D eigenvalue weighted by atomic mass is 10.0. The molecule has 12 heavy (non-hydrogen) atoms. The van der Waals surface area contributed by atoms with Gasteiger partial charge in [0.25, 0.3) is 0 Å². The molecule has 1 aromatic rings. The molecule has 1 atom stereocenters. The lowest BCUT2D eigenvalue weighted by Crippen LogP contribution is -2.07. The van der Waals surface area contributed by atoms with Crippen molar-refractivity contribution in [2.24, 2.45) is 0 Å².